The molecule has 1 saturated carbocycles. The maximum absolute atomic E-state index is 5.66. The highest BCUT2D eigenvalue weighted by atomic mass is 35.5. The molecule has 1 aliphatic rings. The number of hydrogen-bond donors (Lipinski definition) is 1. The van der Waals surface area contributed by atoms with Crippen molar-refractivity contribution >= 4 is 17.4 Å². The third-order valence-corrected chi connectivity index (χ3v) is 2.04. The number of rotatable bonds is 2. The highest BCUT2D eigenvalue weighted by Crippen LogP contribution is 2.25. The molecule has 64 valence electrons. The molecular formula is C8H10ClN3. The molecule has 0 atom stereocenters. The molecule has 4 heteroatoms. The van der Waals surface area contributed by atoms with E-state index >= 15 is 0 Å². The van der Waals surface area contributed by atoms with Crippen LogP contribution in [-0.4, -0.2) is 16.0 Å². The highest BCUT2D eigenvalue weighted by Gasteiger charge is 2.22. The van der Waals surface area contributed by atoms with Crippen LogP contribution in [0, 0.1) is 6.92 Å². The lowest BCUT2D eigenvalue weighted by molar-refractivity contribution is 1.06. The molecule has 0 saturated heterocycles. The Balaban J connectivity index is 2.21. The lowest BCUT2D eigenvalue weighted by Gasteiger charge is -2.05. The van der Waals surface area contributed by atoms with Crippen molar-refractivity contribution < 1.29 is 0 Å². The van der Waals surface area contributed by atoms with E-state index in [2.05, 4.69) is 15.3 Å². The second-order valence-electron chi connectivity index (χ2n) is 3.09. The molecule has 1 aromatic heterocycles. The van der Waals surface area contributed by atoms with Crippen LogP contribution in [0.4, 0.5) is 5.82 Å². The van der Waals surface area contributed by atoms with Crippen molar-refractivity contribution in [3.8, 4) is 0 Å². The Morgan fingerprint density at radius 3 is 3.00 bits per heavy atom. The Morgan fingerprint density at radius 1 is 1.58 bits per heavy atom. The molecule has 0 unspecified atom stereocenters. The summed E-state index contributed by atoms with van der Waals surface area (Å²) in [6.07, 6.45) is 4.21. The van der Waals surface area contributed by atoms with Gasteiger partial charge in [0.1, 0.15) is 5.82 Å². The Labute approximate surface area is 76.2 Å². The zero-order chi connectivity index (χ0) is 8.55. The lowest BCUT2D eigenvalue weighted by atomic mass is 10.3. The normalized spacial score (nSPS) is 16.2. The van der Waals surface area contributed by atoms with E-state index in [1.807, 2.05) is 6.92 Å². The predicted octanol–water partition coefficient (Wildman–Crippen LogP) is 2.01. The molecular weight excluding hydrogens is 174 g/mol. The minimum atomic E-state index is 0.309. The molecule has 1 heterocycles. The largest absolute Gasteiger partial charge is 0.367 e. The number of nitrogens with one attached hydrogen (secondary N) is 1. The van der Waals surface area contributed by atoms with Gasteiger partial charge in [-0.25, -0.2) is 9.97 Å². The Morgan fingerprint density at radius 2 is 2.33 bits per heavy atom. The van der Waals surface area contributed by atoms with Crippen LogP contribution in [-0.2, 0) is 0 Å². The summed E-state index contributed by atoms with van der Waals surface area (Å²) in [4.78, 5) is 7.98. The molecule has 3 nitrogen and oxygen atoms in total. The van der Waals surface area contributed by atoms with E-state index in [1.54, 1.807) is 6.20 Å². The molecule has 1 aliphatic carbocycles. The van der Waals surface area contributed by atoms with E-state index < -0.39 is 0 Å². The number of aromatic nitrogens is 2. The molecule has 1 fully saturated rings. The molecule has 1 N–H and O–H groups in total. The maximum Gasteiger partial charge on any atom is 0.224 e. The smallest absolute Gasteiger partial charge is 0.224 e. The summed E-state index contributed by atoms with van der Waals surface area (Å²) in [7, 11) is 0. The topological polar surface area (TPSA) is 37.8 Å². The lowest BCUT2D eigenvalue weighted by Crippen LogP contribution is -2.05. The summed E-state index contributed by atoms with van der Waals surface area (Å²) in [5.74, 6) is 0.873. The van der Waals surface area contributed by atoms with E-state index in [0.717, 1.165) is 11.4 Å². The van der Waals surface area contributed by atoms with Crippen LogP contribution in [0.25, 0.3) is 0 Å². The van der Waals surface area contributed by atoms with Gasteiger partial charge in [0.05, 0.1) is 0 Å². The molecule has 12 heavy (non-hydrogen) atoms. The summed E-state index contributed by atoms with van der Waals surface area (Å²) < 4.78 is 0. The minimum absolute atomic E-state index is 0.309. The summed E-state index contributed by atoms with van der Waals surface area (Å²) in [6, 6.07) is 0.606. The minimum Gasteiger partial charge on any atom is -0.367 e. The fourth-order valence-corrected chi connectivity index (χ4v) is 1.12. The number of nitrogens with zero attached hydrogens (tertiary/aromatic N) is 2. The van der Waals surface area contributed by atoms with Crippen molar-refractivity contribution in [2.75, 3.05) is 5.32 Å². The third kappa shape index (κ3) is 1.67. The SMILES string of the molecule is Cc1cnc(Cl)nc1NC1CC1. The van der Waals surface area contributed by atoms with Crippen LogP contribution >= 0.6 is 11.6 Å². The van der Waals surface area contributed by atoms with Crippen LogP contribution < -0.4 is 5.32 Å². The Bertz CT molecular complexity index is 296. The van der Waals surface area contributed by atoms with Gasteiger partial charge in [0.2, 0.25) is 5.28 Å². The average molecular weight is 184 g/mol. The van der Waals surface area contributed by atoms with Crippen LogP contribution in [0.1, 0.15) is 18.4 Å². The zero-order valence-electron chi connectivity index (χ0n) is 6.84. The average Bonchev–Trinajstić information content (AvgIpc) is 2.81. The van der Waals surface area contributed by atoms with Gasteiger partial charge in [-0.1, -0.05) is 0 Å². The highest BCUT2D eigenvalue weighted by molar-refractivity contribution is 6.28. The van der Waals surface area contributed by atoms with Crippen LogP contribution in [0.3, 0.4) is 0 Å². The first kappa shape index (κ1) is 7.80. The molecule has 0 aliphatic heterocycles. The number of anilines is 1. The van der Waals surface area contributed by atoms with Gasteiger partial charge >= 0.3 is 0 Å². The van der Waals surface area contributed by atoms with Crippen molar-refractivity contribution in [2.45, 2.75) is 25.8 Å². The quantitative estimate of drug-likeness (QED) is 0.713. The predicted molar refractivity (Wildman–Crippen MR) is 48.4 cm³/mol. The standard InChI is InChI=1S/C8H10ClN3/c1-5-4-10-8(9)12-7(5)11-6-2-3-6/h4,6H,2-3H2,1H3,(H,10,11,12). The van der Waals surface area contributed by atoms with Gasteiger partial charge < -0.3 is 5.32 Å². The first-order valence-corrected chi connectivity index (χ1v) is 4.39. The van der Waals surface area contributed by atoms with E-state index in [4.69, 9.17) is 11.6 Å². The van der Waals surface area contributed by atoms with Gasteiger partial charge in [-0.2, -0.15) is 0 Å². The fraction of sp³-hybridized carbons (Fsp3) is 0.500. The summed E-state index contributed by atoms with van der Waals surface area (Å²) >= 11 is 5.66. The first-order valence-electron chi connectivity index (χ1n) is 4.01. The zero-order valence-corrected chi connectivity index (χ0v) is 7.60. The summed E-state index contributed by atoms with van der Waals surface area (Å²) in [5, 5.41) is 3.60. The van der Waals surface area contributed by atoms with Gasteiger partial charge in [0, 0.05) is 17.8 Å². The molecule has 0 amide bonds. The number of hydrogen-bond acceptors (Lipinski definition) is 3. The third-order valence-electron chi connectivity index (χ3n) is 1.86. The van der Waals surface area contributed by atoms with Gasteiger partial charge in [-0.15, -0.1) is 0 Å². The van der Waals surface area contributed by atoms with Crippen LogP contribution in [0.5, 0.6) is 0 Å². The van der Waals surface area contributed by atoms with E-state index in [0.29, 0.717) is 11.3 Å². The summed E-state index contributed by atoms with van der Waals surface area (Å²) in [5.41, 5.74) is 1.05. The van der Waals surface area contributed by atoms with Crippen molar-refractivity contribution in [1.82, 2.24) is 9.97 Å². The van der Waals surface area contributed by atoms with Crippen molar-refractivity contribution in [3.63, 3.8) is 0 Å². The molecule has 1 aromatic rings. The Hall–Kier alpha value is -0.830. The van der Waals surface area contributed by atoms with E-state index in [-0.39, 0.29) is 0 Å². The van der Waals surface area contributed by atoms with E-state index in [9.17, 15) is 0 Å². The molecule has 0 spiro atoms. The maximum atomic E-state index is 5.66. The van der Waals surface area contributed by atoms with Crippen molar-refractivity contribution in [2.24, 2.45) is 0 Å². The van der Waals surface area contributed by atoms with Crippen LogP contribution in [0.2, 0.25) is 5.28 Å². The first-order chi connectivity index (χ1) is 5.75. The Kier molecular flexibility index (Phi) is 1.89. The number of aryl methyl sites for hydroxylation is 1. The van der Waals surface area contributed by atoms with Gasteiger partial charge in [0.15, 0.2) is 0 Å². The summed E-state index contributed by atoms with van der Waals surface area (Å²) in [6.45, 7) is 1.97. The fourth-order valence-electron chi connectivity index (χ4n) is 0.988. The number of halogens is 1. The monoisotopic (exact) mass is 183 g/mol. The second kappa shape index (κ2) is 2.90. The van der Waals surface area contributed by atoms with E-state index in [1.165, 1.54) is 12.8 Å². The van der Waals surface area contributed by atoms with Crippen molar-refractivity contribution in [1.29, 1.82) is 0 Å². The second-order valence-corrected chi connectivity index (χ2v) is 3.43. The van der Waals surface area contributed by atoms with Gasteiger partial charge in [-0.3, -0.25) is 0 Å². The van der Waals surface area contributed by atoms with Gasteiger partial charge in [0.25, 0.3) is 0 Å². The molecule has 0 radical (unpaired) electrons. The molecule has 2 rings (SSSR count). The molecule has 0 aromatic carbocycles. The molecule has 0 bridgehead atoms. The van der Waals surface area contributed by atoms with Gasteiger partial charge in [-0.05, 0) is 31.4 Å². The van der Waals surface area contributed by atoms with Crippen molar-refractivity contribution in [3.05, 3.63) is 17.0 Å². The van der Waals surface area contributed by atoms with Crippen LogP contribution in [0.15, 0.2) is 6.20 Å².